The summed E-state index contributed by atoms with van der Waals surface area (Å²) in [5.41, 5.74) is 0.424. The first kappa shape index (κ1) is 10.9. The average Bonchev–Trinajstić information content (AvgIpc) is 1.99. The van der Waals surface area contributed by atoms with Crippen molar-refractivity contribution in [1.82, 2.24) is 5.32 Å². The number of hydrogen-bond donors (Lipinski definition) is 1. The lowest BCUT2D eigenvalue weighted by Gasteiger charge is -2.22. The zero-order valence-electron chi connectivity index (χ0n) is 8.24. The molecule has 0 saturated carbocycles. The Bertz CT molecular complexity index is 91.6. The highest BCUT2D eigenvalue weighted by atomic mass is 16.5. The van der Waals surface area contributed by atoms with Crippen molar-refractivity contribution in [3.05, 3.63) is 0 Å². The van der Waals surface area contributed by atoms with Gasteiger partial charge in [-0.3, -0.25) is 0 Å². The van der Waals surface area contributed by atoms with E-state index in [0.29, 0.717) is 5.41 Å². The van der Waals surface area contributed by atoms with Crippen LogP contribution >= 0.6 is 0 Å². The smallest absolute Gasteiger partial charge is 0.0587 e. The van der Waals surface area contributed by atoms with Crippen molar-refractivity contribution in [2.24, 2.45) is 5.41 Å². The van der Waals surface area contributed by atoms with Gasteiger partial charge < -0.3 is 10.1 Å². The number of hydrogen-bond acceptors (Lipinski definition) is 2. The molecule has 1 N–H and O–H groups in total. The third-order valence-corrected chi connectivity index (χ3v) is 2.04. The van der Waals surface area contributed by atoms with Gasteiger partial charge in [-0.1, -0.05) is 20.8 Å². The zero-order chi connectivity index (χ0) is 8.74. The highest BCUT2D eigenvalue weighted by molar-refractivity contribution is 4.68. The number of rotatable bonds is 6. The Morgan fingerprint density at radius 2 is 2.00 bits per heavy atom. The van der Waals surface area contributed by atoms with E-state index in [0.717, 1.165) is 19.7 Å². The standard InChI is InChI=1S/C9H21NO/c1-5-9(2,3)8-10-6-7-11-4/h10H,5-8H2,1-4H3. The van der Waals surface area contributed by atoms with E-state index in [1.807, 2.05) is 0 Å². The van der Waals surface area contributed by atoms with Crippen molar-refractivity contribution in [3.63, 3.8) is 0 Å². The Balaban J connectivity index is 3.23. The van der Waals surface area contributed by atoms with Crippen LogP contribution in [-0.4, -0.2) is 26.8 Å². The summed E-state index contributed by atoms with van der Waals surface area (Å²) in [6.45, 7) is 9.60. The minimum Gasteiger partial charge on any atom is -0.383 e. The summed E-state index contributed by atoms with van der Waals surface area (Å²) in [5, 5.41) is 3.35. The van der Waals surface area contributed by atoms with Crippen LogP contribution in [0.1, 0.15) is 27.2 Å². The van der Waals surface area contributed by atoms with Gasteiger partial charge in [0.1, 0.15) is 0 Å². The Kier molecular flexibility index (Phi) is 5.51. The van der Waals surface area contributed by atoms with Gasteiger partial charge in [0, 0.05) is 20.2 Å². The third-order valence-electron chi connectivity index (χ3n) is 2.04. The van der Waals surface area contributed by atoms with Gasteiger partial charge in [-0.25, -0.2) is 0 Å². The highest BCUT2D eigenvalue weighted by Crippen LogP contribution is 2.17. The summed E-state index contributed by atoms with van der Waals surface area (Å²) in [6.07, 6.45) is 1.22. The van der Waals surface area contributed by atoms with Crippen LogP contribution in [0.15, 0.2) is 0 Å². The largest absolute Gasteiger partial charge is 0.383 e. The van der Waals surface area contributed by atoms with Crippen LogP contribution in [0.25, 0.3) is 0 Å². The lowest BCUT2D eigenvalue weighted by molar-refractivity contribution is 0.193. The van der Waals surface area contributed by atoms with Crippen molar-refractivity contribution < 1.29 is 4.74 Å². The van der Waals surface area contributed by atoms with Crippen LogP contribution in [0.2, 0.25) is 0 Å². The molecular weight excluding hydrogens is 138 g/mol. The van der Waals surface area contributed by atoms with Crippen molar-refractivity contribution in [3.8, 4) is 0 Å². The van der Waals surface area contributed by atoms with E-state index in [4.69, 9.17) is 4.74 Å². The molecule has 0 aromatic heterocycles. The quantitative estimate of drug-likeness (QED) is 0.595. The molecule has 0 aliphatic carbocycles. The summed E-state index contributed by atoms with van der Waals surface area (Å²) >= 11 is 0. The van der Waals surface area contributed by atoms with E-state index in [9.17, 15) is 0 Å². The number of nitrogens with one attached hydrogen (secondary N) is 1. The highest BCUT2D eigenvalue weighted by Gasteiger charge is 2.13. The van der Waals surface area contributed by atoms with E-state index in [1.54, 1.807) is 7.11 Å². The van der Waals surface area contributed by atoms with Crippen molar-refractivity contribution >= 4 is 0 Å². The van der Waals surface area contributed by atoms with Crippen molar-refractivity contribution in [1.29, 1.82) is 0 Å². The molecule has 0 aliphatic heterocycles. The summed E-state index contributed by atoms with van der Waals surface area (Å²) in [6, 6.07) is 0. The Hall–Kier alpha value is -0.0800. The Morgan fingerprint density at radius 1 is 1.36 bits per heavy atom. The first-order valence-corrected chi connectivity index (χ1v) is 4.32. The number of ether oxygens (including phenoxy) is 1. The van der Waals surface area contributed by atoms with E-state index >= 15 is 0 Å². The normalized spacial score (nSPS) is 12.0. The molecular formula is C9H21NO. The van der Waals surface area contributed by atoms with Gasteiger partial charge in [-0.05, 0) is 11.8 Å². The van der Waals surface area contributed by atoms with Gasteiger partial charge in [0.2, 0.25) is 0 Å². The molecule has 0 radical (unpaired) electrons. The molecule has 68 valence electrons. The van der Waals surface area contributed by atoms with Crippen LogP contribution in [0.3, 0.4) is 0 Å². The Morgan fingerprint density at radius 3 is 2.45 bits per heavy atom. The zero-order valence-corrected chi connectivity index (χ0v) is 8.24. The predicted molar refractivity (Wildman–Crippen MR) is 48.8 cm³/mol. The molecule has 0 aromatic carbocycles. The van der Waals surface area contributed by atoms with Crippen molar-refractivity contribution in [2.45, 2.75) is 27.2 Å². The molecule has 0 aromatic rings. The van der Waals surface area contributed by atoms with Crippen LogP contribution in [0.5, 0.6) is 0 Å². The molecule has 0 rings (SSSR count). The van der Waals surface area contributed by atoms with E-state index in [2.05, 4.69) is 26.1 Å². The monoisotopic (exact) mass is 159 g/mol. The lowest BCUT2D eigenvalue weighted by Crippen LogP contribution is -2.30. The molecule has 0 amide bonds. The molecule has 0 aliphatic rings. The van der Waals surface area contributed by atoms with Crippen LogP contribution in [0.4, 0.5) is 0 Å². The summed E-state index contributed by atoms with van der Waals surface area (Å²) < 4.78 is 4.93. The minimum absolute atomic E-state index is 0.424. The molecule has 0 atom stereocenters. The van der Waals surface area contributed by atoms with Crippen molar-refractivity contribution in [2.75, 3.05) is 26.8 Å². The average molecular weight is 159 g/mol. The van der Waals surface area contributed by atoms with E-state index in [-0.39, 0.29) is 0 Å². The molecule has 0 unspecified atom stereocenters. The predicted octanol–water partition coefficient (Wildman–Crippen LogP) is 1.66. The van der Waals surface area contributed by atoms with Gasteiger partial charge in [-0.2, -0.15) is 0 Å². The third kappa shape index (κ3) is 6.32. The minimum atomic E-state index is 0.424. The number of methoxy groups -OCH3 is 1. The van der Waals surface area contributed by atoms with Crippen LogP contribution in [-0.2, 0) is 4.74 Å². The Labute approximate surface area is 70.3 Å². The molecule has 2 nitrogen and oxygen atoms in total. The second-order valence-electron chi connectivity index (χ2n) is 3.69. The van der Waals surface area contributed by atoms with Gasteiger partial charge in [0.05, 0.1) is 6.61 Å². The summed E-state index contributed by atoms with van der Waals surface area (Å²) in [5.74, 6) is 0. The first-order chi connectivity index (χ1) is 5.12. The second-order valence-corrected chi connectivity index (χ2v) is 3.69. The van der Waals surface area contributed by atoms with Gasteiger partial charge in [-0.15, -0.1) is 0 Å². The first-order valence-electron chi connectivity index (χ1n) is 4.32. The fourth-order valence-electron chi connectivity index (χ4n) is 0.726. The van der Waals surface area contributed by atoms with E-state index in [1.165, 1.54) is 6.42 Å². The molecule has 2 heteroatoms. The SMILES string of the molecule is CCC(C)(C)CNCCOC. The topological polar surface area (TPSA) is 21.3 Å². The fourth-order valence-corrected chi connectivity index (χ4v) is 0.726. The van der Waals surface area contributed by atoms with Crippen LogP contribution in [0, 0.1) is 5.41 Å². The van der Waals surface area contributed by atoms with Gasteiger partial charge in [0.15, 0.2) is 0 Å². The maximum atomic E-state index is 4.93. The fraction of sp³-hybridized carbons (Fsp3) is 1.00. The molecule has 0 fully saturated rings. The maximum Gasteiger partial charge on any atom is 0.0587 e. The van der Waals surface area contributed by atoms with Crippen LogP contribution < -0.4 is 5.32 Å². The summed E-state index contributed by atoms with van der Waals surface area (Å²) in [7, 11) is 1.73. The summed E-state index contributed by atoms with van der Waals surface area (Å²) in [4.78, 5) is 0. The molecule has 0 heterocycles. The van der Waals surface area contributed by atoms with E-state index < -0.39 is 0 Å². The van der Waals surface area contributed by atoms with Gasteiger partial charge in [0.25, 0.3) is 0 Å². The maximum absolute atomic E-state index is 4.93. The molecule has 0 saturated heterocycles. The molecule has 11 heavy (non-hydrogen) atoms. The molecule has 0 spiro atoms. The lowest BCUT2D eigenvalue weighted by atomic mass is 9.90. The van der Waals surface area contributed by atoms with Gasteiger partial charge >= 0.3 is 0 Å². The molecule has 0 bridgehead atoms. The second kappa shape index (κ2) is 5.56.